The number of amides is 1. The molecule has 1 aromatic carbocycles. The summed E-state index contributed by atoms with van der Waals surface area (Å²) in [6.07, 6.45) is 0.784. The summed E-state index contributed by atoms with van der Waals surface area (Å²) in [6, 6.07) is 5.58. The van der Waals surface area contributed by atoms with Crippen LogP contribution >= 0.6 is 11.8 Å². The molecular weight excluding hydrogens is 236 g/mol. The van der Waals surface area contributed by atoms with Gasteiger partial charge in [0.15, 0.2) is 0 Å². The minimum atomic E-state index is -0.285. The van der Waals surface area contributed by atoms with Gasteiger partial charge < -0.3 is 16.5 Å². The number of nitrogens with one attached hydrogen (secondary N) is 1. The van der Waals surface area contributed by atoms with Crippen molar-refractivity contribution in [3.63, 3.8) is 0 Å². The number of hydrogen-bond donors (Lipinski definition) is 3. The number of imidazole rings is 1. The van der Waals surface area contributed by atoms with Crippen molar-refractivity contribution in [1.29, 1.82) is 0 Å². The summed E-state index contributed by atoms with van der Waals surface area (Å²) in [4.78, 5) is 18.2. The summed E-state index contributed by atoms with van der Waals surface area (Å²) in [7, 11) is 0. The minimum Gasteiger partial charge on any atom is -0.399 e. The highest BCUT2D eigenvalue weighted by Gasteiger charge is 2.03. The van der Waals surface area contributed by atoms with E-state index in [2.05, 4.69) is 9.97 Å². The fourth-order valence-corrected chi connectivity index (χ4v) is 2.22. The van der Waals surface area contributed by atoms with Crippen LogP contribution in [0.25, 0.3) is 11.0 Å². The molecule has 0 aliphatic rings. The van der Waals surface area contributed by atoms with E-state index in [0.717, 1.165) is 34.7 Å². The Labute approximate surface area is 103 Å². The van der Waals surface area contributed by atoms with Crippen molar-refractivity contribution < 1.29 is 4.79 Å². The SMILES string of the molecule is NC(=O)CSCCc1nc2ccc(N)cc2[nH]1. The first-order valence-electron chi connectivity index (χ1n) is 5.25. The Hall–Kier alpha value is -1.69. The van der Waals surface area contributed by atoms with E-state index in [4.69, 9.17) is 11.5 Å². The number of anilines is 1. The van der Waals surface area contributed by atoms with Crippen LogP contribution in [0.3, 0.4) is 0 Å². The molecule has 2 aromatic rings. The van der Waals surface area contributed by atoms with E-state index in [0.29, 0.717) is 5.75 Å². The van der Waals surface area contributed by atoms with Gasteiger partial charge in [-0.25, -0.2) is 4.98 Å². The fourth-order valence-electron chi connectivity index (χ4n) is 1.54. The van der Waals surface area contributed by atoms with Crippen LogP contribution in [0.1, 0.15) is 5.82 Å². The van der Waals surface area contributed by atoms with Crippen LogP contribution in [0, 0.1) is 0 Å². The summed E-state index contributed by atoms with van der Waals surface area (Å²) in [6.45, 7) is 0. The monoisotopic (exact) mass is 250 g/mol. The molecule has 1 aromatic heterocycles. The average molecular weight is 250 g/mol. The molecule has 1 heterocycles. The predicted molar refractivity (Wildman–Crippen MR) is 70.7 cm³/mol. The Bertz CT molecular complexity index is 537. The molecule has 0 saturated carbocycles. The molecule has 0 aliphatic carbocycles. The second-order valence-electron chi connectivity index (χ2n) is 3.73. The largest absolute Gasteiger partial charge is 0.399 e. The van der Waals surface area contributed by atoms with Crippen molar-refractivity contribution in [2.45, 2.75) is 6.42 Å². The molecule has 5 nitrogen and oxygen atoms in total. The van der Waals surface area contributed by atoms with Crippen LogP contribution in [-0.4, -0.2) is 27.4 Å². The van der Waals surface area contributed by atoms with E-state index in [1.54, 1.807) is 0 Å². The van der Waals surface area contributed by atoms with Crippen molar-refractivity contribution in [3.8, 4) is 0 Å². The highest BCUT2D eigenvalue weighted by molar-refractivity contribution is 7.99. The maximum Gasteiger partial charge on any atom is 0.227 e. The quantitative estimate of drug-likeness (QED) is 0.542. The number of nitrogens with zero attached hydrogens (tertiary/aromatic N) is 1. The minimum absolute atomic E-state index is 0.285. The van der Waals surface area contributed by atoms with Crippen molar-refractivity contribution >= 4 is 34.4 Å². The van der Waals surface area contributed by atoms with Crippen molar-refractivity contribution in [2.75, 3.05) is 17.2 Å². The molecule has 0 spiro atoms. The second-order valence-corrected chi connectivity index (χ2v) is 4.83. The summed E-state index contributed by atoms with van der Waals surface area (Å²) < 4.78 is 0. The van der Waals surface area contributed by atoms with Gasteiger partial charge in [0.25, 0.3) is 0 Å². The third kappa shape index (κ3) is 3.13. The van der Waals surface area contributed by atoms with Crippen molar-refractivity contribution in [1.82, 2.24) is 9.97 Å². The zero-order valence-corrected chi connectivity index (χ0v) is 10.1. The molecule has 0 unspecified atom stereocenters. The topological polar surface area (TPSA) is 97.8 Å². The van der Waals surface area contributed by atoms with E-state index < -0.39 is 0 Å². The van der Waals surface area contributed by atoms with Gasteiger partial charge in [-0.3, -0.25) is 4.79 Å². The van der Waals surface area contributed by atoms with Crippen LogP contribution < -0.4 is 11.5 Å². The van der Waals surface area contributed by atoms with Crippen LogP contribution in [0.2, 0.25) is 0 Å². The third-order valence-corrected chi connectivity index (χ3v) is 3.26. The molecule has 0 radical (unpaired) electrons. The number of rotatable bonds is 5. The van der Waals surface area contributed by atoms with Crippen LogP contribution in [0.15, 0.2) is 18.2 Å². The number of nitrogens with two attached hydrogens (primary N) is 2. The molecule has 0 saturated heterocycles. The first-order chi connectivity index (χ1) is 8.15. The predicted octanol–water partition coefficient (Wildman–Crippen LogP) is 0.906. The van der Waals surface area contributed by atoms with Gasteiger partial charge in [0.2, 0.25) is 5.91 Å². The lowest BCUT2D eigenvalue weighted by Gasteiger charge is -1.95. The Morgan fingerprint density at radius 1 is 1.47 bits per heavy atom. The number of hydrogen-bond acceptors (Lipinski definition) is 4. The molecule has 90 valence electrons. The number of primary amides is 1. The summed E-state index contributed by atoms with van der Waals surface area (Å²) >= 11 is 1.51. The Morgan fingerprint density at radius 2 is 2.29 bits per heavy atom. The van der Waals surface area contributed by atoms with Gasteiger partial charge in [-0.05, 0) is 18.2 Å². The molecule has 6 heteroatoms. The van der Waals surface area contributed by atoms with Gasteiger partial charge in [0.1, 0.15) is 5.82 Å². The Morgan fingerprint density at radius 3 is 3.06 bits per heavy atom. The Kier molecular flexibility index (Phi) is 3.53. The van der Waals surface area contributed by atoms with Gasteiger partial charge in [-0.15, -0.1) is 0 Å². The maximum absolute atomic E-state index is 10.6. The molecule has 0 bridgehead atoms. The first kappa shape index (κ1) is 11.8. The lowest BCUT2D eigenvalue weighted by Crippen LogP contribution is -2.13. The number of benzene rings is 1. The zero-order valence-electron chi connectivity index (χ0n) is 9.27. The molecule has 2 rings (SSSR count). The number of H-pyrrole nitrogens is 1. The van der Waals surface area contributed by atoms with Crippen LogP contribution in [0.4, 0.5) is 5.69 Å². The second kappa shape index (κ2) is 5.09. The van der Waals surface area contributed by atoms with Crippen molar-refractivity contribution in [3.05, 3.63) is 24.0 Å². The number of nitrogen functional groups attached to an aromatic ring is 1. The number of fused-ring (bicyclic) bond motifs is 1. The summed E-state index contributed by atoms with van der Waals surface area (Å²) in [5, 5.41) is 0. The number of thioether (sulfide) groups is 1. The number of aromatic nitrogens is 2. The highest BCUT2D eigenvalue weighted by Crippen LogP contribution is 2.15. The third-order valence-electron chi connectivity index (χ3n) is 2.28. The number of carbonyl (C=O) groups is 1. The molecule has 0 aliphatic heterocycles. The van der Waals surface area contributed by atoms with Gasteiger partial charge in [0.05, 0.1) is 16.8 Å². The summed E-state index contributed by atoms with van der Waals surface area (Å²) in [5.74, 6) is 1.79. The molecule has 1 amide bonds. The van der Waals surface area contributed by atoms with Crippen molar-refractivity contribution in [2.24, 2.45) is 5.73 Å². The van der Waals surface area contributed by atoms with E-state index >= 15 is 0 Å². The first-order valence-corrected chi connectivity index (χ1v) is 6.41. The molecule has 0 atom stereocenters. The Balaban J connectivity index is 1.97. The van der Waals surface area contributed by atoms with Gasteiger partial charge in [-0.1, -0.05) is 0 Å². The van der Waals surface area contributed by atoms with E-state index in [1.165, 1.54) is 11.8 Å². The number of aromatic amines is 1. The number of aryl methyl sites for hydroxylation is 1. The zero-order chi connectivity index (χ0) is 12.3. The van der Waals surface area contributed by atoms with Crippen LogP contribution in [0.5, 0.6) is 0 Å². The van der Waals surface area contributed by atoms with Gasteiger partial charge in [-0.2, -0.15) is 11.8 Å². The standard InChI is InChI=1S/C11H14N4OS/c12-7-1-2-8-9(5-7)15-11(14-8)3-4-17-6-10(13)16/h1-2,5H,3-4,6,12H2,(H2,13,16)(H,14,15). The average Bonchev–Trinajstić information content (AvgIpc) is 2.66. The lowest BCUT2D eigenvalue weighted by atomic mass is 10.3. The molecular formula is C11H14N4OS. The van der Waals surface area contributed by atoms with E-state index in [1.807, 2.05) is 18.2 Å². The molecule has 17 heavy (non-hydrogen) atoms. The molecule has 5 N–H and O–H groups in total. The van der Waals surface area contributed by atoms with E-state index in [-0.39, 0.29) is 5.91 Å². The van der Waals surface area contributed by atoms with Gasteiger partial charge in [0, 0.05) is 17.9 Å². The van der Waals surface area contributed by atoms with Crippen LogP contribution in [-0.2, 0) is 11.2 Å². The smallest absolute Gasteiger partial charge is 0.227 e. The normalized spacial score (nSPS) is 10.8. The van der Waals surface area contributed by atoms with E-state index in [9.17, 15) is 4.79 Å². The summed E-state index contributed by atoms with van der Waals surface area (Å²) in [5.41, 5.74) is 13.3. The van der Waals surface area contributed by atoms with Gasteiger partial charge >= 0.3 is 0 Å². The number of carbonyl (C=O) groups excluding carboxylic acids is 1. The molecule has 0 fully saturated rings. The maximum atomic E-state index is 10.6. The highest BCUT2D eigenvalue weighted by atomic mass is 32.2. The lowest BCUT2D eigenvalue weighted by molar-refractivity contribution is -0.115. The fraction of sp³-hybridized carbons (Fsp3) is 0.273.